The molecule has 1 aliphatic rings. The highest BCUT2D eigenvalue weighted by Crippen LogP contribution is 2.16. The minimum absolute atomic E-state index is 0. The number of likely N-dealkylation sites (N-methyl/N-ethyl adjacent to an activating group) is 1. The van der Waals surface area contributed by atoms with E-state index in [0.29, 0.717) is 0 Å². The van der Waals surface area contributed by atoms with E-state index in [1.54, 1.807) is 0 Å². The normalized spacial score (nSPS) is 15.8. The molecule has 1 aromatic rings. The summed E-state index contributed by atoms with van der Waals surface area (Å²) in [6, 6.07) is 8.89. The van der Waals surface area contributed by atoms with Crippen molar-refractivity contribution in [1.29, 1.82) is 0 Å². The van der Waals surface area contributed by atoms with Crippen molar-refractivity contribution in [3.05, 3.63) is 29.8 Å². The van der Waals surface area contributed by atoms with Crippen LogP contribution in [-0.2, 0) is 6.54 Å². The summed E-state index contributed by atoms with van der Waals surface area (Å²) < 4.78 is 0. The lowest BCUT2D eigenvalue weighted by molar-refractivity contribution is 0.313. The molecule has 1 heterocycles. The van der Waals surface area contributed by atoms with Gasteiger partial charge in [-0.1, -0.05) is 12.1 Å². The van der Waals surface area contributed by atoms with Crippen LogP contribution in [0.25, 0.3) is 0 Å². The van der Waals surface area contributed by atoms with Gasteiger partial charge >= 0.3 is 0 Å². The monoisotopic (exact) mass is 291 g/mol. The summed E-state index contributed by atoms with van der Waals surface area (Å²) in [6.07, 6.45) is 0. The zero-order valence-electron chi connectivity index (χ0n) is 11.1. The van der Waals surface area contributed by atoms with Gasteiger partial charge in [0.2, 0.25) is 0 Å². The number of anilines is 1. The smallest absolute Gasteiger partial charge is 0.0367 e. The minimum atomic E-state index is 0. The fourth-order valence-electron chi connectivity index (χ4n) is 2.09. The Kier molecular flexibility index (Phi) is 8.36. The maximum absolute atomic E-state index is 3.17. The molecule has 104 valence electrons. The standard InChI is InChI=1S/C13H21N3.2ClH/c1-14-11-12-3-5-13(6-4-12)16-9-7-15(2)8-10-16;;/h3-6,14H,7-11H2,1-2H3;2*1H. The topological polar surface area (TPSA) is 18.5 Å². The number of nitrogens with zero attached hydrogens (tertiary/aromatic N) is 2. The fraction of sp³-hybridized carbons (Fsp3) is 0.538. The average Bonchev–Trinajstić information content (AvgIpc) is 2.32. The highest BCUT2D eigenvalue weighted by atomic mass is 35.5. The molecule has 1 aliphatic heterocycles. The summed E-state index contributed by atoms with van der Waals surface area (Å²) in [6.45, 7) is 5.56. The van der Waals surface area contributed by atoms with E-state index >= 15 is 0 Å². The third-order valence-corrected chi connectivity index (χ3v) is 3.19. The summed E-state index contributed by atoms with van der Waals surface area (Å²) in [5.41, 5.74) is 2.70. The van der Waals surface area contributed by atoms with E-state index in [1.807, 2.05) is 7.05 Å². The first-order valence-corrected chi connectivity index (χ1v) is 5.96. The largest absolute Gasteiger partial charge is 0.369 e. The molecule has 0 aromatic heterocycles. The Morgan fingerprint density at radius 3 is 2.06 bits per heavy atom. The third-order valence-electron chi connectivity index (χ3n) is 3.19. The molecule has 1 aromatic carbocycles. The van der Waals surface area contributed by atoms with Gasteiger partial charge < -0.3 is 15.1 Å². The Labute approximate surface area is 122 Å². The van der Waals surface area contributed by atoms with Crippen molar-refractivity contribution in [1.82, 2.24) is 10.2 Å². The lowest BCUT2D eigenvalue weighted by Crippen LogP contribution is -2.44. The van der Waals surface area contributed by atoms with Gasteiger partial charge in [0.25, 0.3) is 0 Å². The van der Waals surface area contributed by atoms with Crippen LogP contribution in [0.1, 0.15) is 5.56 Å². The quantitative estimate of drug-likeness (QED) is 0.919. The van der Waals surface area contributed by atoms with Crippen LogP contribution >= 0.6 is 24.8 Å². The van der Waals surface area contributed by atoms with E-state index in [0.717, 1.165) is 32.7 Å². The van der Waals surface area contributed by atoms with Crippen LogP contribution in [0.4, 0.5) is 5.69 Å². The lowest BCUT2D eigenvalue weighted by Gasteiger charge is -2.34. The Hall–Kier alpha value is -0.480. The molecular formula is C13H23Cl2N3. The van der Waals surface area contributed by atoms with Crippen LogP contribution in [0, 0.1) is 0 Å². The van der Waals surface area contributed by atoms with Crippen LogP contribution in [0.5, 0.6) is 0 Å². The molecule has 18 heavy (non-hydrogen) atoms. The van der Waals surface area contributed by atoms with Gasteiger partial charge in [-0.2, -0.15) is 0 Å². The van der Waals surface area contributed by atoms with Gasteiger partial charge in [0, 0.05) is 38.4 Å². The fourth-order valence-corrected chi connectivity index (χ4v) is 2.09. The maximum atomic E-state index is 3.17. The van der Waals surface area contributed by atoms with E-state index in [1.165, 1.54) is 11.3 Å². The molecule has 0 amide bonds. The first kappa shape index (κ1) is 17.5. The van der Waals surface area contributed by atoms with E-state index in [9.17, 15) is 0 Å². The van der Waals surface area contributed by atoms with Crippen molar-refractivity contribution in [2.75, 3.05) is 45.2 Å². The number of nitrogens with one attached hydrogen (secondary N) is 1. The van der Waals surface area contributed by atoms with Gasteiger partial charge in [0.05, 0.1) is 0 Å². The predicted octanol–water partition coefficient (Wildman–Crippen LogP) is 2.00. The van der Waals surface area contributed by atoms with Crippen molar-refractivity contribution in [2.45, 2.75) is 6.54 Å². The van der Waals surface area contributed by atoms with E-state index < -0.39 is 0 Å². The highest BCUT2D eigenvalue weighted by molar-refractivity contribution is 5.85. The summed E-state index contributed by atoms with van der Waals surface area (Å²) in [5.74, 6) is 0. The Bertz CT molecular complexity index is 322. The number of rotatable bonds is 3. The van der Waals surface area contributed by atoms with Crippen LogP contribution < -0.4 is 10.2 Å². The highest BCUT2D eigenvalue weighted by Gasteiger charge is 2.13. The van der Waals surface area contributed by atoms with Crippen molar-refractivity contribution in [3.8, 4) is 0 Å². The predicted molar refractivity (Wildman–Crippen MR) is 83.4 cm³/mol. The molecule has 0 atom stereocenters. The van der Waals surface area contributed by atoms with E-state index in [-0.39, 0.29) is 24.8 Å². The summed E-state index contributed by atoms with van der Waals surface area (Å²) >= 11 is 0. The van der Waals surface area contributed by atoms with Gasteiger partial charge in [0.1, 0.15) is 0 Å². The van der Waals surface area contributed by atoms with Gasteiger partial charge in [-0.3, -0.25) is 0 Å². The molecule has 0 saturated carbocycles. The molecule has 0 unspecified atom stereocenters. The Morgan fingerprint density at radius 2 is 1.56 bits per heavy atom. The number of halogens is 2. The molecule has 0 bridgehead atoms. The molecule has 0 spiro atoms. The average molecular weight is 292 g/mol. The van der Waals surface area contributed by atoms with Gasteiger partial charge in [-0.05, 0) is 31.8 Å². The molecular weight excluding hydrogens is 269 g/mol. The van der Waals surface area contributed by atoms with E-state index in [4.69, 9.17) is 0 Å². The molecule has 5 heteroatoms. The summed E-state index contributed by atoms with van der Waals surface area (Å²) in [7, 11) is 4.17. The van der Waals surface area contributed by atoms with Gasteiger partial charge in [-0.15, -0.1) is 24.8 Å². The molecule has 1 saturated heterocycles. The second-order valence-corrected chi connectivity index (χ2v) is 4.49. The molecule has 3 nitrogen and oxygen atoms in total. The first-order chi connectivity index (χ1) is 7.79. The maximum Gasteiger partial charge on any atom is 0.0367 e. The van der Waals surface area contributed by atoms with Gasteiger partial charge in [-0.25, -0.2) is 0 Å². The van der Waals surface area contributed by atoms with Crippen LogP contribution in [0.3, 0.4) is 0 Å². The van der Waals surface area contributed by atoms with Crippen molar-refractivity contribution >= 4 is 30.5 Å². The molecule has 1 N–H and O–H groups in total. The van der Waals surface area contributed by atoms with Crippen molar-refractivity contribution in [3.63, 3.8) is 0 Å². The van der Waals surface area contributed by atoms with Crippen LogP contribution in [-0.4, -0.2) is 45.2 Å². The SMILES string of the molecule is CNCc1ccc(N2CCN(C)CC2)cc1.Cl.Cl. The first-order valence-electron chi connectivity index (χ1n) is 5.96. The zero-order chi connectivity index (χ0) is 11.4. The number of hydrogen-bond donors (Lipinski definition) is 1. The third kappa shape index (κ3) is 4.65. The van der Waals surface area contributed by atoms with Crippen molar-refractivity contribution < 1.29 is 0 Å². The van der Waals surface area contributed by atoms with Crippen molar-refractivity contribution in [2.24, 2.45) is 0 Å². The van der Waals surface area contributed by atoms with Crippen LogP contribution in [0.2, 0.25) is 0 Å². The second kappa shape index (κ2) is 8.59. The van der Waals surface area contributed by atoms with E-state index in [2.05, 4.69) is 46.4 Å². The lowest BCUT2D eigenvalue weighted by atomic mass is 10.2. The zero-order valence-corrected chi connectivity index (χ0v) is 12.7. The van der Waals surface area contributed by atoms with Crippen LogP contribution in [0.15, 0.2) is 24.3 Å². The molecule has 0 radical (unpaired) electrons. The molecule has 1 fully saturated rings. The molecule has 0 aliphatic carbocycles. The second-order valence-electron chi connectivity index (χ2n) is 4.49. The summed E-state index contributed by atoms with van der Waals surface area (Å²) in [4.78, 5) is 4.84. The number of hydrogen-bond acceptors (Lipinski definition) is 3. The Balaban J connectivity index is 0.00000144. The number of benzene rings is 1. The minimum Gasteiger partial charge on any atom is -0.369 e. The molecule has 2 rings (SSSR count). The Morgan fingerprint density at radius 1 is 1.00 bits per heavy atom. The summed E-state index contributed by atoms with van der Waals surface area (Å²) in [5, 5.41) is 3.17. The van der Waals surface area contributed by atoms with Gasteiger partial charge in [0.15, 0.2) is 0 Å². The number of piperazine rings is 1.